The molecule has 150 valence electrons. The van der Waals surface area contributed by atoms with Gasteiger partial charge in [0.15, 0.2) is 5.69 Å². The Hall–Kier alpha value is -3.23. The predicted octanol–water partition coefficient (Wildman–Crippen LogP) is 2.09. The first kappa shape index (κ1) is 21.1. The van der Waals surface area contributed by atoms with E-state index in [0.717, 1.165) is 0 Å². The Bertz CT molecular complexity index is 860. The molecule has 2 aromatic rings. The van der Waals surface area contributed by atoms with Crippen molar-refractivity contribution in [2.24, 2.45) is 11.8 Å². The average Bonchev–Trinajstić information content (AvgIpc) is 3.09. The van der Waals surface area contributed by atoms with E-state index in [9.17, 15) is 14.4 Å². The van der Waals surface area contributed by atoms with Crippen LogP contribution in [-0.4, -0.2) is 43.9 Å². The van der Waals surface area contributed by atoms with Crippen molar-refractivity contribution >= 4 is 23.5 Å². The van der Waals surface area contributed by atoms with Crippen LogP contribution >= 0.6 is 0 Å². The second-order valence-electron chi connectivity index (χ2n) is 7.28. The Labute approximate surface area is 163 Å². The van der Waals surface area contributed by atoms with Crippen LogP contribution in [0, 0.1) is 11.8 Å². The Balaban J connectivity index is 2.13. The number of carboxylic acids is 1. The van der Waals surface area contributed by atoms with Crippen LogP contribution in [0.25, 0.3) is 5.69 Å². The highest BCUT2D eigenvalue weighted by Gasteiger charge is 2.24. The molecule has 0 bridgehead atoms. The first-order valence-corrected chi connectivity index (χ1v) is 9.03. The van der Waals surface area contributed by atoms with Crippen molar-refractivity contribution in [3.05, 3.63) is 36.2 Å². The summed E-state index contributed by atoms with van der Waals surface area (Å²) in [5, 5.41) is 21.9. The van der Waals surface area contributed by atoms with Crippen LogP contribution in [0.5, 0.6) is 0 Å². The molecule has 1 heterocycles. The van der Waals surface area contributed by atoms with Crippen molar-refractivity contribution < 1.29 is 19.5 Å². The van der Waals surface area contributed by atoms with E-state index in [1.807, 2.05) is 27.7 Å². The van der Waals surface area contributed by atoms with E-state index < -0.39 is 12.0 Å². The number of aromatic nitrogens is 3. The van der Waals surface area contributed by atoms with Crippen molar-refractivity contribution in [3.63, 3.8) is 0 Å². The predicted molar refractivity (Wildman–Crippen MR) is 103 cm³/mol. The molecule has 1 unspecified atom stereocenters. The lowest BCUT2D eigenvalue weighted by Gasteiger charge is -2.22. The molecule has 0 fully saturated rings. The molecule has 3 N–H and O–H groups in total. The van der Waals surface area contributed by atoms with Crippen molar-refractivity contribution in [1.82, 2.24) is 20.3 Å². The number of hydrogen-bond donors (Lipinski definition) is 3. The molecule has 1 atom stereocenters. The van der Waals surface area contributed by atoms with Gasteiger partial charge in [-0.3, -0.25) is 9.59 Å². The number of amides is 2. The number of carboxylic acid groups (broad SMARTS) is 1. The molecule has 0 aliphatic heterocycles. The van der Waals surface area contributed by atoms with E-state index in [1.165, 1.54) is 10.9 Å². The Morgan fingerprint density at radius 3 is 2.46 bits per heavy atom. The molecule has 2 rings (SSSR count). The molecule has 0 aliphatic carbocycles. The average molecular weight is 387 g/mol. The first-order chi connectivity index (χ1) is 13.2. The van der Waals surface area contributed by atoms with Crippen LogP contribution in [-0.2, 0) is 9.59 Å². The summed E-state index contributed by atoms with van der Waals surface area (Å²) in [5.41, 5.74) is 0.864. The molecule has 0 spiro atoms. The molecule has 0 saturated carbocycles. The fourth-order valence-electron chi connectivity index (χ4n) is 2.57. The standard InChI is InChI=1S/C19H25N5O4/c1-11(2)8-16(25)21-17(12(3)4)18(26)20-13-6-5-7-14(9-13)24-10-15(19(27)28)22-23-24/h5-7,9-12,17H,8H2,1-4H3,(H,20,26)(H,21,25)(H,27,28). The van der Waals surface area contributed by atoms with Crippen molar-refractivity contribution in [2.45, 2.75) is 40.2 Å². The molecule has 9 nitrogen and oxygen atoms in total. The van der Waals surface area contributed by atoms with Crippen LogP contribution in [0.15, 0.2) is 30.5 Å². The van der Waals surface area contributed by atoms with Gasteiger partial charge >= 0.3 is 5.97 Å². The minimum atomic E-state index is -1.17. The van der Waals surface area contributed by atoms with Gasteiger partial charge in [0, 0.05) is 12.1 Å². The van der Waals surface area contributed by atoms with Crippen molar-refractivity contribution in [1.29, 1.82) is 0 Å². The number of carbonyl (C=O) groups excluding carboxylic acids is 2. The summed E-state index contributed by atoms with van der Waals surface area (Å²) in [7, 11) is 0. The zero-order valence-electron chi connectivity index (χ0n) is 16.3. The van der Waals surface area contributed by atoms with Crippen LogP contribution in [0.4, 0.5) is 5.69 Å². The van der Waals surface area contributed by atoms with Crippen molar-refractivity contribution in [2.75, 3.05) is 5.32 Å². The monoisotopic (exact) mass is 387 g/mol. The topological polar surface area (TPSA) is 126 Å². The van der Waals surface area contributed by atoms with Crippen molar-refractivity contribution in [3.8, 4) is 5.69 Å². The minimum Gasteiger partial charge on any atom is -0.476 e. The summed E-state index contributed by atoms with van der Waals surface area (Å²) in [6.07, 6.45) is 1.64. The van der Waals surface area contributed by atoms with E-state index in [2.05, 4.69) is 20.9 Å². The minimum absolute atomic E-state index is 0.0901. The molecular weight excluding hydrogens is 362 g/mol. The van der Waals surface area contributed by atoms with Gasteiger partial charge in [-0.05, 0) is 30.0 Å². The smallest absolute Gasteiger partial charge is 0.358 e. The molecule has 0 saturated heterocycles. The van der Waals surface area contributed by atoms with E-state index in [1.54, 1.807) is 24.3 Å². The third-order valence-corrected chi connectivity index (χ3v) is 3.95. The second-order valence-corrected chi connectivity index (χ2v) is 7.28. The van der Waals surface area contributed by atoms with Gasteiger partial charge in [-0.15, -0.1) is 5.10 Å². The number of nitrogens with zero attached hydrogens (tertiary/aromatic N) is 3. The first-order valence-electron chi connectivity index (χ1n) is 9.03. The Morgan fingerprint density at radius 2 is 1.89 bits per heavy atom. The lowest BCUT2D eigenvalue weighted by Crippen LogP contribution is -2.47. The van der Waals surface area contributed by atoms with Gasteiger partial charge < -0.3 is 15.7 Å². The largest absolute Gasteiger partial charge is 0.476 e. The van der Waals surface area contributed by atoms with Gasteiger partial charge in [0.05, 0.1) is 11.9 Å². The van der Waals surface area contributed by atoms with E-state index in [0.29, 0.717) is 17.8 Å². The summed E-state index contributed by atoms with van der Waals surface area (Å²) in [4.78, 5) is 35.7. The Kier molecular flexibility index (Phi) is 6.86. The highest BCUT2D eigenvalue weighted by atomic mass is 16.4. The number of benzene rings is 1. The summed E-state index contributed by atoms with van der Waals surface area (Å²) < 4.78 is 1.31. The van der Waals surface area contributed by atoms with E-state index in [-0.39, 0.29) is 29.3 Å². The summed E-state index contributed by atoms with van der Waals surface area (Å²) in [6, 6.07) is 6.09. The maximum absolute atomic E-state index is 12.7. The number of rotatable bonds is 8. The molecule has 1 aromatic carbocycles. The molecule has 2 amide bonds. The number of anilines is 1. The third kappa shape index (κ3) is 5.63. The highest BCUT2D eigenvalue weighted by Crippen LogP contribution is 2.16. The number of nitrogens with one attached hydrogen (secondary N) is 2. The number of aromatic carboxylic acids is 1. The number of hydrogen-bond acceptors (Lipinski definition) is 5. The fraction of sp³-hybridized carbons (Fsp3) is 0.421. The van der Waals surface area contributed by atoms with Gasteiger partial charge in [-0.25, -0.2) is 9.48 Å². The molecule has 0 aliphatic rings. The normalized spacial score (nSPS) is 12.1. The van der Waals surface area contributed by atoms with Crippen LogP contribution in [0.2, 0.25) is 0 Å². The number of carbonyl (C=O) groups is 3. The summed E-state index contributed by atoms with van der Waals surface area (Å²) in [6.45, 7) is 7.60. The molecule has 9 heteroatoms. The zero-order valence-corrected chi connectivity index (χ0v) is 16.3. The van der Waals surface area contributed by atoms with Crippen LogP contribution in [0.1, 0.15) is 44.6 Å². The highest BCUT2D eigenvalue weighted by molar-refractivity contribution is 5.97. The van der Waals surface area contributed by atoms with Gasteiger partial charge in [0.2, 0.25) is 11.8 Å². The molecule has 28 heavy (non-hydrogen) atoms. The summed E-state index contributed by atoms with van der Waals surface area (Å²) in [5.74, 6) is -1.55. The van der Waals surface area contributed by atoms with Gasteiger partial charge in [-0.1, -0.05) is 39.0 Å². The second kappa shape index (κ2) is 9.12. The van der Waals surface area contributed by atoms with Crippen LogP contribution in [0.3, 0.4) is 0 Å². The Morgan fingerprint density at radius 1 is 1.18 bits per heavy atom. The van der Waals surface area contributed by atoms with E-state index in [4.69, 9.17) is 5.11 Å². The fourth-order valence-corrected chi connectivity index (χ4v) is 2.57. The SMILES string of the molecule is CC(C)CC(=O)NC(C(=O)Nc1cccc(-n2cc(C(=O)O)nn2)c1)C(C)C. The van der Waals surface area contributed by atoms with Gasteiger partial charge in [-0.2, -0.15) is 0 Å². The lowest BCUT2D eigenvalue weighted by molar-refractivity contribution is -0.127. The quantitative estimate of drug-likeness (QED) is 0.637. The van der Waals surface area contributed by atoms with Crippen LogP contribution < -0.4 is 10.6 Å². The van der Waals surface area contributed by atoms with Gasteiger partial charge in [0.25, 0.3) is 0 Å². The lowest BCUT2D eigenvalue weighted by atomic mass is 10.0. The maximum atomic E-state index is 12.7. The molecule has 0 radical (unpaired) electrons. The molecule has 1 aromatic heterocycles. The van der Waals surface area contributed by atoms with Gasteiger partial charge in [0.1, 0.15) is 6.04 Å². The summed E-state index contributed by atoms with van der Waals surface area (Å²) >= 11 is 0. The third-order valence-electron chi connectivity index (χ3n) is 3.95. The van der Waals surface area contributed by atoms with E-state index >= 15 is 0 Å². The zero-order chi connectivity index (χ0) is 20.8. The maximum Gasteiger partial charge on any atom is 0.358 e. The molecular formula is C19H25N5O4.